The molecule has 174 valence electrons. The summed E-state index contributed by atoms with van der Waals surface area (Å²) in [4.78, 5) is 16.9. The Morgan fingerprint density at radius 3 is 2.47 bits per heavy atom. The number of hydrogen-bond donors (Lipinski definition) is 1. The number of carbonyl (C=O) groups is 1. The van der Waals surface area contributed by atoms with Gasteiger partial charge in [0.2, 0.25) is 5.91 Å². The molecule has 4 aromatic rings. The number of aromatic nitrogens is 4. The van der Waals surface area contributed by atoms with E-state index in [0.29, 0.717) is 21.8 Å². The quantitative estimate of drug-likeness (QED) is 0.320. The Morgan fingerprint density at radius 2 is 1.79 bits per heavy atom. The van der Waals surface area contributed by atoms with Gasteiger partial charge in [0, 0.05) is 11.9 Å². The van der Waals surface area contributed by atoms with Gasteiger partial charge in [0.15, 0.2) is 11.0 Å². The predicted molar refractivity (Wildman–Crippen MR) is 135 cm³/mol. The molecule has 1 N–H and O–H groups in total. The smallest absolute Gasteiger partial charge is 0.238 e. The highest BCUT2D eigenvalue weighted by Gasteiger charge is 2.22. The molecular formula is C25H24ClN5O2S. The Hall–Kier alpha value is -3.36. The summed E-state index contributed by atoms with van der Waals surface area (Å²) in [5, 5.41) is 12.2. The number of aryl methyl sites for hydroxylation is 2. The maximum atomic E-state index is 12.8. The van der Waals surface area contributed by atoms with Crippen molar-refractivity contribution in [1.82, 2.24) is 19.7 Å². The second-order valence-corrected chi connectivity index (χ2v) is 9.43. The third-order valence-electron chi connectivity index (χ3n) is 5.10. The highest BCUT2D eigenvalue weighted by atomic mass is 35.5. The lowest BCUT2D eigenvalue weighted by Crippen LogP contribution is -2.23. The number of amides is 1. The molecule has 2 aromatic carbocycles. The van der Waals surface area contributed by atoms with Crippen LogP contribution >= 0.6 is 23.4 Å². The summed E-state index contributed by atoms with van der Waals surface area (Å²) in [6.07, 6.45) is 1.49. The van der Waals surface area contributed by atoms with E-state index >= 15 is 0 Å². The molecule has 0 saturated carbocycles. The van der Waals surface area contributed by atoms with Gasteiger partial charge in [-0.2, -0.15) is 0 Å². The molecule has 7 nitrogen and oxygen atoms in total. The first kappa shape index (κ1) is 23.8. The van der Waals surface area contributed by atoms with E-state index in [4.69, 9.17) is 16.3 Å². The Labute approximate surface area is 207 Å². The minimum Gasteiger partial charge on any atom is -0.485 e. The molecule has 0 aliphatic rings. The molecule has 0 fully saturated rings. The second kappa shape index (κ2) is 10.7. The monoisotopic (exact) mass is 493 g/mol. The summed E-state index contributed by atoms with van der Waals surface area (Å²) in [7, 11) is 0. The van der Waals surface area contributed by atoms with Crippen molar-refractivity contribution in [1.29, 1.82) is 0 Å². The van der Waals surface area contributed by atoms with Crippen LogP contribution < -0.4 is 10.1 Å². The number of hydrogen-bond acceptors (Lipinski definition) is 6. The lowest BCUT2D eigenvalue weighted by atomic mass is 10.1. The van der Waals surface area contributed by atoms with Gasteiger partial charge in [0.05, 0.1) is 10.3 Å². The van der Waals surface area contributed by atoms with Crippen molar-refractivity contribution in [2.75, 3.05) is 5.32 Å². The molecule has 0 aliphatic heterocycles. The molecule has 0 aliphatic carbocycles. The molecule has 0 radical (unpaired) electrons. The first-order valence-corrected chi connectivity index (χ1v) is 12.0. The van der Waals surface area contributed by atoms with Gasteiger partial charge in [0.1, 0.15) is 18.2 Å². The van der Waals surface area contributed by atoms with E-state index in [1.807, 2.05) is 73.9 Å². The topological polar surface area (TPSA) is 81.9 Å². The van der Waals surface area contributed by atoms with Gasteiger partial charge in [-0.15, -0.1) is 10.2 Å². The molecule has 2 aromatic heterocycles. The highest BCUT2D eigenvalue weighted by Crippen LogP contribution is 2.28. The number of carbonyl (C=O) groups excluding carboxylic acids is 1. The first-order chi connectivity index (χ1) is 16.4. The zero-order chi connectivity index (χ0) is 24.1. The summed E-state index contributed by atoms with van der Waals surface area (Å²) >= 11 is 7.18. The minimum atomic E-state index is -0.448. The van der Waals surface area contributed by atoms with Gasteiger partial charge < -0.3 is 10.1 Å². The van der Waals surface area contributed by atoms with Gasteiger partial charge in [0.25, 0.3) is 0 Å². The molecule has 34 heavy (non-hydrogen) atoms. The van der Waals surface area contributed by atoms with E-state index in [2.05, 4.69) is 20.5 Å². The molecule has 9 heteroatoms. The van der Waals surface area contributed by atoms with E-state index in [-0.39, 0.29) is 12.5 Å². The van der Waals surface area contributed by atoms with Crippen LogP contribution in [0.5, 0.6) is 5.75 Å². The van der Waals surface area contributed by atoms with Gasteiger partial charge in [-0.3, -0.25) is 9.36 Å². The fourth-order valence-corrected chi connectivity index (χ4v) is 4.36. The molecule has 0 saturated heterocycles. The predicted octanol–water partition coefficient (Wildman–Crippen LogP) is 5.63. The van der Waals surface area contributed by atoms with E-state index in [1.54, 1.807) is 12.1 Å². The lowest BCUT2D eigenvalue weighted by molar-refractivity contribution is -0.115. The van der Waals surface area contributed by atoms with E-state index < -0.39 is 5.25 Å². The second-order valence-electron chi connectivity index (χ2n) is 7.69. The number of ether oxygens (including phenoxy) is 1. The van der Waals surface area contributed by atoms with Crippen LogP contribution in [0.25, 0.3) is 5.69 Å². The number of nitrogens with one attached hydrogen (secondary N) is 1. The molecule has 1 atom stereocenters. The summed E-state index contributed by atoms with van der Waals surface area (Å²) in [5.41, 5.74) is 3.00. The van der Waals surface area contributed by atoms with Crippen LogP contribution in [0.15, 0.2) is 72.0 Å². The van der Waals surface area contributed by atoms with Crippen molar-refractivity contribution < 1.29 is 9.53 Å². The van der Waals surface area contributed by atoms with Crippen molar-refractivity contribution in [2.24, 2.45) is 0 Å². The fourth-order valence-electron chi connectivity index (χ4n) is 3.36. The summed E-state index contributed by atoms with van der Waals surface area (Å²) < 4.78 is 8.06. The maximum Gasteiger partial charge on any atom is 0.238 e. The Balaban J connectivity index is 1.55. The zero-order valence-electron chi connectivity index (χ0n) is 19.0. The van der Waals surface area contributed by atoms with Crippen LogP contribution in [-0.4, -0.2) is 30.9 Å². The number of anilines is 1. The number of rotatable bonds is 8. The van der Waals surface area contributed by atoms with Crippen LogP contribution in [-0.2, 0) is 11.4 Å². The lowest BCUT2D eigenvalue weighted by Gasteiger charge is -2.15. The van der Waals surface area contributed by atoms with Crippen LogP contribution in [0.2, 0.25) is 5.02 Å². The zero-order valence-corrected chi connectivity index (χ0v) is 20.6. The summed E-state index contributed by atoms with van der Waals surface area (Å²) in [6.45, 7) is 6.08. The molecule has 0 bridgehead atoms. The first-order valence-electron chi connectivity index (χ1n) is 10.7. The fraction of sp³-hybridized carbons (Fsp3) is 0.200. The molecular weight excluding hydrogens is 470 g/mol. The number of para-hydroxylation sites is 2. The van der Waals surface area contributed by atoms with Gasteiger partial charge in [-0.25, -0.2) is 4.98 Å². The Kier molecular flexibility index (Phi) is 7.49. The highest BCUT2D eigenvalue weighted by molar-refractivity contribution is 8.00. The van der Waals surface area contributed by atoms with Crippen molar-refractivity contribution in [3.63, 3.8) is 0 Å². The number of thioether (sulfide) groups is 1. The van der Waals surface area contributed by atoms with Gasteiger partial charge in [-0.05, 0) is 56.2 Å². The molecule has 1 amide bonds. The SMILES string of the molecule is Cc1cccc(C)c1OCc1nnc(S[C@@H](C)C(=O)Nc2ccc(Cl)cn2)n1-c1ccccc1. The normalized spacial score (nSPS) is 11.8. The molecule has 0 unspecified atom stereocenters. The Morgan fingerprint density at radius 1 is 1.06 bits per heavy atom. The van der Waals surface area contributed by atoms with Crippen LogP contribution in [0.3, 0.4) is 0 Å². The number of pyridine rings is 1. The number of benzene rings is 2. The van der Waals surface area contributed by atoms with Crippen molar-refractivity contribution in [3.05, 3.63) is 88.8 Å². The Bertz CT molecular complexity index is 1260. The summed E-state index contributed by atoms with van der Waals surface area (Å²) in [5.74, 6) is 1.72. The average molecular weight is 494 g/mol. The third-order valence-corrected chi connectivity index (χ3v) is 6.37. The van der Waals surface area contributed by atoms with Crippen LogP contribution in [0, 0.1) is 13.8 Å². The van der Waals surface area contributed by atoms with Crippen molar-refractivity contribution in [3.8, 4) is 11.4 Å². The third kappa shape index (κ3) is 5.58. The molecule has 2 heterocycles. The van der Waals surface area contributed by atoms with E-state index in [9.17, 15) is 4.79 Å². The van der Waals surface area contributed by atoms with Crippen LogP contribution in [0.1, 0.15) is 23.9 Å². The van der Waals surface area contributed by atoms with E-state index in [0.717, 1.165) is 22.6 Å². The van der Waals surface area contributed by atoms with Gasteiger partial charge in [-0.1, -0.05) is 59.8 Å². The molecule has 4 rings (SSSR count). The van der Waals surface area contributed by atoms with Gasteiger partial charge >= 0.3 is 0 Å². The van der Waals surface area contributed by atoms with Crippen LogP contribution in [0.4, 0.5) is 5.82 Å². The number of halogens is 1. The largest absolute Gasteiger partial charge is 0.485 e. The molecule has 0 spiro atoms. The standard InChI is InChI=1S/C25H24ClN5O2S/c1-16-8-7-9-17(2)23(16)33-15-22-29-30-25(31(22)20-10-5-4-6-11-20)34-18(3)24(32)28-21-13-12-19(26)14-27-21/h4-14,18H,15H2,1-3H3,(H,27,28,32)/t18-/m0/s1. The minimum absolute atomic E-state index is 0.198. The van der Waals surface area contributed by atoms with Crippen molar-refractivity contribution >= 4 is 35.1 Å². The van der Waals surface area contributed by atoms with Crippen molar-refractivity contribution in [2.45, 2.75) is 37.8 Å². The number of nitrogens with zero attached hydrogens (tertiary/aromatic N) is 4. The average Bonchev–Trinajstić information content (AvgIpc) is 3.23. The maximum absolute atomic E-state index is 12.8. The summed E-state index contributed by atoms with van der Waals surface area (Å²) in [6, 6.07) is 19.2. The van der Waals surface area contributed by atoms with E-state index in [1.165, 1.54) is 18.0 Å².